The molecular formula is C17H18ClN5O3S2. The Labute approximate surface area is 171 Å². The highest BCUT2D eigenvalue weighted by Crippen LogP contribution is 2.26. The molecule has 4 rings (SSSR count). The Morgan fingerprint density at radius 2 is 2.00 bits per heavy atom. The van der Waals surface area contributed by atoms with Crippen LogP contribution in [0.25, 0.3) is 4.96 Å². The Morgan fingerprint density at radius 3 is 2.71 bits per heavy atom. The predicted octanol–water partition coefficient (Wildman–Crippen LogP) is 3.18. The van der Waals surface area contributed by atoms with Gasteiger partial charge in [0.05, 0.1) is 21.2 Å². The minimum atomic E-state index is -3.66. The summed E-state index contributed by atoms with van der Waals surface area (Å²) in [5.41, 5.74) is 0.968. The molecule has 0 aliphatic carbocycles. The number of fused-ring (bicyclic) bond motifs is 1. The quantitative estimate of drug-likeness (QED) is 0.673. The van der Waals surface area contributed by atoms with Crippen molar-refractivity contribution in [3.05, 3.63) is 39.9 Å². The topological polar surface area (TPSA) is 96.7 Å². The van der Waals surface area contributed by atoms with Crippen molar-refractivity contribution < 1.29 is 13.2 Å². The summed E-state index contributed by atoms with van der Waals surface area (Å²) in [7, 11) is -3.66. The van der Waals surface area contributed by atoms with E-state index in [1.54, 1.807) is 4.52 Å². The molecule has 1 aromatic carbocycles. The number of hydrogen-bond donors (Lipinski definition) is 1. The zero-order chi connectivity index (χ0) is 19.9. The summed E-state index contributed by atoms with van der Waals surface area (Å²) in [5.74, 6) is -0.420. The zero-order valence-corrected chi connectivity index (χ0v) is 17.4. The van der Waals surface area contributed by atoms with Gasteiger partial charge in [0.1, 0.15) is 0 Å². The van der Waals surface area contributed by atoms with Crippen LogP contribution in [0.4, 0.5) is 5.95 Å². The maximum Gasteiger partial charge on any atom is 0.259 e. The molecule has 28 heavy (non-hydrogen) atoms. The van der Waals surface area contributed by atoms with Crippen LogP contribution in [-0.4, -0.2) is 46.3 Å². The molecule has 1 N–H and O–H groups in total. The van der Waals surface area contributed by atoms with E-state index in [1.807, 2.05) is 12.3 Å². The SMILES string of the molecule is Cc1csc2nc(NC(=O)c3cc(S(=O)(=O)N4CCCCC4)ccc3Cl)nn12. The van der Waals surface area contributed by atoms with Gasteiger partial charge in [0.25, 0.3) is 11.9 Å². The number of sulfonamides is 1. The number of halogens is 1. The monoisotopic (exact) mass is 439 g/mol. The third kappa shape index (κ3) is 3.52. The van der Waals surface area contributed by atoms with E-state index in [4.69, 9.17) is 11.6 Å². The normalized spacial score (nSPS) is 15.8. The standard InChI is InChI=1S/C17H18ClN5O3S2/c1-11-10-27-17-20-16(21-23(11)17)19-15(24)13-9-12(5-6-14(13)18)28(25,26)22-7-3-2-4-8-22/h5-6,9-10H,2-4,7-8H2,1H3,(H,19,21,24). The highest BCUT2D eigenvalue weighted by Gasteiger charge is 2.27. The van der Waals surface area contributed by atoms with Gasteiger partial charge in [-0.15, -0.1) is 16.4 Å². The van der Waals surface area contributed by atoms with Crippen molar-refractivity contribution in [1.82, 2.24) is 18.9 Å². The molecule has 1 aliphatic heterocycles. The third-order valence-corrected chi connectivity index (χ3v) is 7.77. The van der Waals surface area contributed by atoms with Crippen molar-refractivity contribution >= 4 is 49.8 Å². The van der Waals surface area contributed by atoms with Crippen molar-refractivity contribution in [3.8, 4) is 0 Å². The van der Waals surface area contributed by atoms with Crippen molar-refractivity contribution in [2.24, 2.45) is 0 Å². The number of carbonyl (C=O) groups excluding carboxylic acids is 1. The van der Waals surface area contributed by atoms with E-state index in [9.17, 15) is 13.2 Å². The van der Waals surface area contributed by atoms with Crippen LogP contribution in [0.2, 0.25) is 5.02 Å². The molecule has 8 nitrogen and oxygen atoms in total. The number of aromatic nitrogens is 3. The Hall–Kier alpha value is -2.01. The van der Waals surface area contributed by atoms with E-state index < -0.39 is 15.9 Å². The first-order valence-corrected chi connectivity index (χ1v) is 11.5. The number of nitrogens with zero attached hydrogens (tertiary/aromatic N) is 4. The lowest BCUT2D eigenvalue weighted by atomic mass is 10.2. The number of rotatable bonds is 4. The molecule has 3 aromatic rings. The molecule has 0 unspecified atom stereocenters. The number of benzene rings is 1. The van der Waals surface area contributed by atoms with E-state index in [1.165, 1.54) is 33.8 Å². The summed E-state index contributed by atoms with van der Waals surface area (Å²) in [5, 5.41) is 8.89. The fourth-order valence-electron chi connectivity index (χ4n) is 3.11. The van der Waals surface area contributed by atoms with E-state index in [0.29, 0.717) is 18.1 Å². The smallest absolute Gasteiger partial charge is 0.259 e. The van der Waals surface area contributed by atoms with Crippen LogP contribution in [0.5, 0.6) is 0 Å². The van der Waals surface area contributed by atoms with Gasteiger partial charge >= 0.3 is 0 Å². The number of hydrogen-bond acceptors (Lipinski definition) is 6. The highest BCUT2D eigenvalue weighted by molar-refractivity contribution is 7.89. The lowest BCUT2D eigenvalue weighted by molar-refractivity contribution is 0.102. The number of carbonyl (C=O) groups is 1. The number of amides is 1. The zero-order valence-electron chi connectivity index (χ0n) is 15.1. The Balaban J connectivity index is 1.61. The summed E-state index contributed by atoms with van der Waals surface area (Å²) in [6, 6.07) is 4.17. The van der Waals surface area contributed by atoms with Crippen LogP contribution in [0, 0.1) is 6.92 Å². The first kappa shape index (κ1) is 19.3. The molecule has 0 spiro atoms. The summed E-state index contributed by atoms with van der Waals surface area (Å²) in [4.78, 5) is 17.6. The second-order valence-electron chi connectivity index (χ2n) is 6.57. The molecule has 1 fully saturated rings. The van der Waals surface area contributed by atoms with Gasteiger partial charge in [-0.3, -0.25) is 10.1 Å². The lowest BCUT2D eigenvalue weighted by Gasteiger charge is -2.26. The van der Waals surface area contributed by atoms with Crippen molar-refractivity contribution in [2.75, 3.05) is 18.4 Å². The van der Waals surface area contributed by atoms with Crippen molar-refractivity contribution in [3.63, 3.8) is 0 Å². The molecule has 1 amide bonds. The number of piperidine rings is 1. The van der Waals surface area contributed by atoms with Gasteiger partial charge in [-0.05, 0) is 38.0 Å². The highest BCUT2D eigenvalue weighted by atomic mass is 35.5. The molecule has 0 radical (unpaired) electrons. The molecule has 0 bridgehead atoms. The second kappa shape index (κ2) is 7.43. The molecule has 3 heterocycles. The summed E-state index contributed by atoms with van der Waals surface area (Å²) in [6.07, 6.45) is 2.69. The van der Waals surface area contributed by atoms with Crippen LogP contribution in [0.1, 0.15) is 35.3 Å². The summed E-state index contributed by atoms with van der Waals surface area (Å²) >= 11 is 7.57. The Morgan fingerprint density at radius 1 is 1.25 bits per heavy atom. The van der Waals surface area contributed by atoms with Crippen LogP contribution >= 0.6 is 22.9 Å². The van der Waals surface area contributed by atoms with Gasteiger partial charge < -0.3 is 0 Å². The van der Waals surface area contributed by atoms with Gasteiger partial charge in [-0.25, -0.2) is 12.9 Å². The van der Waals surface area contributed by atoms with Gasteiger partial charge in [0.2, 0.25) is 15.0 Å². The van der Waals surface area contributed by atoms with Crippen molar-refractivity contribution in [1.29, 1.82) is 0 Å². The summed E-state index contributed by atoms with van der Waals surface area (Å²) < 4.78 is 28.8. The van der Waals surface area contributed by atoms with Gasteiger partial charge in [-0.1, -0.05) is 18.0 Å². The fraction of sp³-hybridized carbons (Fsp3) is 0.353. The van der Waals surface area contributed by atoms with Crippen LogP contribution in [0.3, 0.4) is 0 Å². The first-order chi connectivity index (χ1) is 13.4. The largest absolute Gasteiger partial charge is 0.289 e. The third-order valence-electron chi connectivity index (χ3n) is 4.61. The Kier molecular flexibility index (Phi) is 5.13. The predicted molar refractivity (Wildman–Crippen MR) is 108 cm³/mol. The Bertz CT molecular complexity index is 1150. The van der Waals surface area contributed by atoms with Gasteiger partial charge in [-0.2, -0.15) is 9.29 Å². The minimum absolute atomic E-state index is 0.0542. The van der Waals surface area contributed by atoms with Crippen LogP contribution in [0.15, 0.2) is 28.5 Å². The minimum Gasteiger partial charge on any atom is -0.289 e. The van der Waals surface area contributed by atoms with E-state index in [-0.39, 0.29) is 21.4 Å². The van der Waals surface area contributed by atoms with Crippen LogP contribution < -0.4 is 5.32 Å². The summed E-state index contributed by atoms with van der Waals surface area (Å²) in [6.45, 7) is 2.86. The first-order valence-electron chi connectivity index (χ1n) is 8.78. The maximum atomic E-state index is 12.9. The van der Waals surface area contributed by atoms with E-state index in [0.717, 1.165) is 25.0 Å². The van der Waals surface area contributed by atoms with Crippen molar-refractivity contribution in [2.45, 2.75) is 31.1 Å². The molecule has 2 aromatic heterocycles. The van der Waals surface area contributed by atoms with Gasteiger partial charge in [0, 0.05) is 18.5 Å². The number of thiazole rings is 1. The molecule has 0 saturated carbocycles. The molecule has 11 heteroatoms. The molecule has 148 valence electrons. The molecule has 0 atom stereocenters. The number of nitrogens with one attached hydrogen (secondary N) is 1. The van der Waals surface area contributed by atoms with Crippen LogP contribution in [-0.2, 0) is 10.0 Å². The molecule has 1 aliphatic rings. The average molecular weight is 440 g/mol. The van der Waals surface area contributed by atoms with Gasteiger partial charge in [0.15, 0.2) is 0 Å². The van der Waals surface area contributed by atoms with E-state index in [2.05, 4.69) is 15.4 Å². The maximum absolute atomic E-state index is 12.9. The second-order valence-corrected chi connectivity index (χ2v) is 9.75. The average Bonchev–Trinajstić information content (AvgIpc) is 3.24. The molecular weight excluding hydrogens is 422 g/mol. The fourth-order valence-corrected chi connectivity index (χ4v) is 5.65. The number of aryl methyl sites for hydroxylation is 1. The number of anilines is 1. The van der Waals surface area contributed by atoms with E-state index >= 15 is 0 Å². The molecule has 1 saturated heterocycles. The lowest BCUT2D eigenvalue weighted by Crippen LogP contribution is -2.35.